The number of rotatable bonds is 7. The van der Waals surface area contributed by atoms with Gasteiger partial charge in [0, 0.05) is 30.9 Å². The summed E-state index contributed by atoms with van der Waals surface area (Å²) in [6, 6.07) is 0.796. The minimum absolute atomic E-state index is 0.796. The van der Waals surface area contributed by atoms with Crippen LogP contribution in [-0.2, 0) is 13.1 Å². The molecule has 0 saturated heterocycles. The molecule has 2 heterocycles. The number of hydrogen-bond donors (Lipinski definition) is 1. The van der Waals surface area contributed by atoms with Gasteiger partial charge in [-0.3, -0.25) is 4.68 Å². The Hall–Kier alpha value is -1.62. The van der Waals surface area contributed by atoms with Crippen LogP contribution in [0.1, 0.15) is 26.2 Å². The minimum atomic E-state index is 0.796. The van der Waals surface area contributed by atoms with Crippen LogP contribution in [0.5, 0.6) is 0 Å². The van der Waals surface area contributed by atoms with Gasteiger partial charge in [0.25, 0.3) is 0 Å². The van der Waals surface area contributed by atoms with Gasteiger partial charge in [0.1, 0.15) is 0 Å². The lowest BCUT2D eigenvalue weighted by Crippen LogP contribution is -2.18. The topological polar surface area (TPSA) is 47.7 Å². The standard InChI is InChI=1S/C14H21N5/c1-2-19-10-12(8-17-19)14-9-15-11-18(14)7-3-6-16-13-4-5-13/h8-11,13,16H,2-7H2,1H3. The van der Waals surface area contributed by atoms with E-state index >= 15 is 0 Å². The first-order valence-corrected chi connectivity index (χ1v) is 7.13. The maximum absolute atomic E-state index is 4.32. The van der Waals surface area contributed by atoms with Crippen molar-refractivity contribution in [2.75, 3.05) is 6.54 Å². The minimum Gasteiger partial charge on any atom is -0.330 e. The second-order valence-electron chi connectivity index (χ2n) is 5.14. The molecule has 0 amide bonds. The fourth-order valence-electron chi connectivity index (χ4n) is 2.25. The van der Waals surface area contributed by atoms with Crippen molar-refractivity contribution in [3.8, 4) is 11.3 Å². The molecule has 0 radical (unpaired) electrons. The van der Waals surface area contributed by atoms with E-state index in [9.17, 15) is 0 Å². The summed E-state index contributed by atoms with van der Waals surface area (Å²) in [7, 11) is 0. The molecule has 1 aliphatic carbocycles. The molecular formula is C14H21N5. The summed E-state index contributed by atoms with van der Waals surface area (Å²) >= 11 is 0. The Kier molecular flexibility index (Phi) is 3.64. The zero-order valence-electron chi connectivity index (χ0n) is 11.4. The van der Waals surface area contributed by atoms with Gasteiger partial charge in [-0.25, -0.2) is 4.98 Å². The molecule has 3 rings (SSSR count). The summed E-state index contributed by atoms with van der Waals surface area (Å²) in [6.07, 6.45) is 11.7. The lowest BCUT2D eigenvalue weighted by atomic mass is 10.2. The molecule has 5 heteroatoms. The van der Waals surface area contributed by atoms with E-state index < -0.39 is 0 Å². The van der Waals surface area contributed by atoms with Gasteiger partial charge >= 0.3 is 0 Å². The Morgan fingerprint density at radius 1 is 1.37 bits per heavy atom. The SMILES string of the molecule is CCn1cc(-c2cncn2CCCNC2CC2)cn1. The second kappa shape index (κ2) is 5.57. The van der Waals surface area contributed by atoms with Crippen molar-refractivity contribution in [3.05, 3.63) is 24.9 Å². The summed E-state index contributed by atoms with van der Waals surface area (Å²) < 4.78 is 4.16. The predicted octanol–water partition coefficient (Wildman–Crippen LogP) is 1.91. The van der Waals surface area contributed by atoms with Crippen LogP contribution in [0.4, 0.5) is 0 Å². The monoisotopic (exact) mass is 259 g/mol. The van der Waals surface area contributed by atoms with Gasteiger partial charge in [-0.05, 0) is 32.7 Å². The van der Waals surface area contributed by atoms with Gasteiger partial charge in [-0.1, -0.05) is 0 Å². The van der Waals surface area contributed by atoms with E-state index in [0.29, 0.717) is 0 Å². The molecule has 1 aliphatic rings. The first-order valence-electron chi connectivity index (χ1n) is 7.13. The van der Waals surface area contributed by atoms with E-state index in [1.54, 1.807) is 0 Å². The molecule has 0 spiro atoms. The third kappa shape index (κ3) is 3.04. The lowest BCUT2D eigenvalue weighted by Gasteiger charge is -2.07. The van der Waals surface area contributed by atoms with Gasteiger partial charge in [0.15, 0.2) is 0 Å². The number of hydrogen-bond acceptors (Lipinski definition) is 3. The van der Waals surface area contributed by atoms with E-state index in [0.717, 1.165) is 43.4 Å². The van der Waals surface area contributed by atoms with Crippen molar-refractivity contribution in [2.24, 2.45) is 0 Å². The highest BCUT2D eigenvalue weighted by molar-refractivity contribution is 5.56. The number of nitrogens with zero attached hydrogens (tertiary/aromatic N) is 4. The normalized spacial score (nSPS) is 15.0. The van der Waals surface area contributed by atoms with E-state index in [-0.39, 0.29) is 0 Å². The third-order valence-electron chi connectivity index (χ3n) is 3.55. The van der Waals surface area contributed by atoms with Gasteiger partial charge in [-0.15, -0.1) is 0 Å². The van der Waals surface area contributed by atoms with Crippen molar-refractivity contribution < 1.29 is 0 Å². The summed E-state index contributed by atoms with van der Waals surface area (Å²) in [4.78, 5) is 4.27. The number of imidazole rings is 1. The summed E-state index contributed by atoms with van der Waals surface area (Å²) in [5.74, 6) is 0. The van der Waals surface area contributed by atoms with Crippen molar-refractivity contribution in [2.45, 2.75) is 45.3 Å². The maximum Gasteiger partial charge on any atom is 0.0950 e. The van der Waals surface area contributed by atoms with Crippen molar-refractivity contribution >= 4 is 0 Å². The number of aromatic nitrogens is 4. The first-order chi connectivity index (χ1) is 9.36. The fourth-order valence-corrected chi connectivity index (χ4v) is 2.25. The molecule has 1 saturated carbocycles. The Balaban J connectivity index is 1.60. The van der Waals surface area contributed by atoms with E-state index in [2.05, 4.69) is 33.1 Å². The lowest BCUT2D eigenvalue weighted by molar-refractivity contribution is 0.581. The van der Waals surface area contributed by atoms with Gasteiger partial charge < -0.3 is 9.88 Å². The first kappa shape index (κ1) is 12.4. The zero-order chi connectivity index (χ0) is 13.1. The smallest absolute Gasteiger partial charge is 0.0950 e. The average molecular weight is 259 g/mol. The number of nitrogens with one attached hydrogen (secondary N) is 1. The Bertz CT molecular complexity index is 523. The molecule has 102 valence electrons. The van der Waals surface area contributed by atoms with Crippen LogP contribution in [0.2, 0.25) is 0 Å². The molecule has 0 aromatic carbocycles. The molecular weight excluding hydrogens is 238 g/mol. The molecule has 19 heavy (non-hydrogen) atoms. The van der Waals surface area contributed by atoms with E-state index in [1.165, 1.54) is 12.8 Å². The summed E-state index contributed by atoms with van der Waals surface area (Å²) in [6.45, 7) is 5.10. The Labute approximate surface area is 113 Å². The van der Waals surface area contributed by atoms with Crippen LogP contribution in [-0.4, -0.2) is 31.9 Å². The Morgan fingerprint density at radius 2 is 2.26 bits per heavy atom. The molecule has 1 fully saturated rings. The molecule has 1 N–H and O–H groups in total. The second-order valence-corrected chi connectivity index (χ2v) is 5.14. The molecule has 0 unspecified atom stereocenters. The highest BCUT2D eigenvalue weighted by Crippen LogP contribution is 2.19. The van der Waals surface area contributed by atoms with Crippen LogP contribution >= 0.6 is 0 Å². The molecule has 0 aliphatic heterocycles. The quantitative estimate of drug-likeness (QED) is 0.773. The van der Waals surface area contributed by atoms with Crippen molar-refractivity contribution in [1.82, 2.24) is 24.6 Å². The summed E-state index contributed by atoms with van der Waals surface area (Å²) in [5, 5.41) is 7.86. The molecule has 2 aromatic rings. The average Bonchev–Trinajstić information content (AvgIpc) is 2.94. The predicted molar refractivity (Wildman–Crippen MR) is 74.8 cm³/mol. The molecule has 0 bridgehead atoms. The van der Waals surface area contributed by atoms with Crippen LogP contribution < -0.4 is 5.32 Å². The highest BCUT2D eigenvalue weighted by atomic mass is 15.3. The number of aryl methyl sites for hydroxylation is 2. The van der Waals surface area contributed by atoms with Crippen molar-refractivity contribution in [1.29, 1.82) is 0 Å². The zero-order valence-corrected chi connectivity index (χ0v) is 11.4. The van der Waals surface area contributed by atoms with Crippen LogP contribution in [0, 0.1) is 0 Å². The fraction of sp³-hybridized carbons (Fsp3) is 0.571. The largest absolute Gasteiger partial charge is 0.330 e. The van der Waals surface area contributed by atoms with Crippen LogP contribution in [0.15, 0.2) is 24.9 Å². The molecule has 5 nitrogen and oxygen atoms in total. The Morgan fingerprint density at radius 3 is 3.00 bits per heavy atom. The third-order valence-corrected chi connectivity index (χ3v) is 3.55. The van der Waals surface area contributed by atoms with Gasteiger partial charge in [0.05, 0.1) is 24.4 Å². The van der Waals surface area contributed by atoms with E-state index in [1.807, 2.05) is 23.4 Å². The van der Waals surface area contributed by atoms with Crippen molar-refractivity contribution in [3.63, 3.8) is 0 Å². The van der Waals surface area contributed by atoms with Crippen LogP contribution in [0.3, 0.4) is 0 Å². The van der Waals surface area contributed by atoms with Crippen LogP contribution in [0.25, 0.3) is 11.3 Å². The maximum atomic E-state index is 4.32. The molecule has 0 atom stereocenters. The summed E-state index contributed by atoms with van der Waals surface area (Å²) in [5.41, 5.74) is 2.31. The van der Waals surface area contributed by atoms with E-state index in [4.69, 9.17) is 0 Å². The highest BCUT2D eigenvalue weighted by Gasteiger charge is 2.19. The molecule has 2 aromatic heterocycles. The van der Waals surface area contributed by atoms with Gasteiger partial charge in [0.2, 0.25) is 0 Å². The van der Waals surface area contributed by atoms with Gasteiger partial charge in [-0.2, -0.15) is 5.10 Å².